The minimum atomic E-state index is 0.340. The minimum Gasteiger partial charge on any atom is -0.315 e. The molecule has 0 amide bonds. The van der Waals surface area contributed by atoms with Crippen LogP contribution < -0.4 is 5.32 Å². The van der Waals surface area contributed by atoms with Gasteiger partial charge in [0.1, 0.15) is 0 Å². The zero-order valence-electron chi connectivity index (χ0n) is 9.25. The van der Waals surface area contributed by atoms with Crippen LogP contribution in [0.5, 0.6) is 0 Å². The maximum atomic E-state index is 4.58. The number of nitrogens with one attached hydrogen (secondary N) is 1. The van der Waals surface area contributed by atoms with Gasteiger partial charge in [0, 0.05) is 31.7 Å². The van der Waals surface area contributed by atoms with E-state index in [4.69, 9.17) is 0 Å². The second kappa shape index (κ2) is 3.39. The molecule has 1 aliphatic rings. The molecular formula is C11H19N3. The quantitative estimate of drug-likeness (QED) is 0.773. The van der Waals surface area contributed by atoms with Gasteiger partial charge in [0.05, 0.1) is 5.69 Å². The molecule has 1 fully saturated rings. The average Bonchev–Trinajstić information content (AvgIpc) is 2.70. The first-order chi connectivity index (χ1) is 6.63. The summed E-state index contributed by atoms with van der Waals surface area (Å²) in [7, 11) is 0. The van der Waals surface area contributed by atoms with Gasteiger partial charge in [0.25, 0.3) is 0 Å². The van der Waals surface area contributed by atoms with Gasteiger partial charge in [-0.05, 0) is 18.4 Å². The van der Waals surface area contributed by atoms with E-state index >= 15 is 0 Å². The predicted octanol–water partition coefficient (Wildman–Crippen LogP) is 1.62. The number of aryl methyl sites for hydroxylation is 1. The Kier molecular flexibility index (Phi) is 2.35. The Morgan fingerprint density at radius 1 is 1.64 bits per heavy atom. The maximum Gasteiger partial charge on any atom is 0.0674 e. The maximum absolute atomic E-state index is 4.58. The molecule has 1 aliphatic heterocycles. The van der Waals surface area contributed by atoms with Crippen molar-refractivity contribution in [1.29, 1.82) is 0 Å². The Morgan fingerprint density at radius 3 is 2.93 bits per heavy atom. The molecule has 0 radical (unpaired) electrons. The molecule has 3 nitrogen and oxygen atoms in total. The lowest BCUT2D eigenvalue weighted by atomic mass is 9.80. The van der Waals surface area contributed by atoms with Crippen LogP contribution in [0.15, 0.2) is 12.3 Å². The molecule has 1 saturated heterocycles. The molecule has 2 heterocycles. The van der Waals surface area contributed by atoms with Gasteiger partial charge in [0.2, 0.25) is 0 Å². The molecule has 0 aromatic carbocycles. The van der Waals surface area contributed by atoms with Crippen LogP contribution in [-0.4, -0.2) is 22.9 Å². The third-order valence-corrected chi connectivity index (χ3v) is 3.21. The van der Waals surface area contributed by atoms with Gasteiger partial charge in [-0.25, -0.2) is 0 Å². The monoisotopic (exact) mass is 193 g/mol. The molecule has 0 bridgehead atoms. The Balaban J connectivity index is 2.22. The predicted molar refractivity (Wildman–Crippen MR) is 57.3 cm³/mol. The van der Waals surface area contributed by atoms with Crippen molar-refractivity contribution in [2.45, 2.75) is 33.2 Å². The van der Waals surface area contributed by atoms with Crippen LogP contribution >= 0.6 is 0 Å². The SMILES string of the molecule is CCn1ccc([C@@H]2CNCC2(C)C)n1. The Labute approximate surface area is 85.5 Å². The van der Waals surface area contributed by atoms with E-state index in [1.54, 1.807) is 0 Å². The van der Waals surface area contributed by atoms with Crippen LogP contribution in [0.2, 0.25) is 0 Å². The lowest BCUT2D eigenvalue weighted by Crippen LogP contribution is -2.21. The van der Waals surface area contributed by atoms with Crippen LogP contribution in [0.4, 0.5) is 0 Å². The number of hydrogen-bond donors (Lipinski definition) is 1. The fourth-order valence-electron chi connectivity index (χ4n) is 2.18. The largest absolute Gasteiger partial charge is 0.315 e. The molecule has 2 rings (SSSR count). The summed E-state index contributed by atoms with van der Waals surface area (Å²) < 4.78 is 2.00. The molecular weight excluding hydrogens is 174 g/mol. The Morgan fingerprint density at radius 2 is 2.43 bits per heavy atom. The van der Waals surface area contributed by atoms with Gasteiger partial charge in [-0.2, -0.15) is 5.10 Å². The van der Waals surface area contributed by atoms with E-state index in [-0.39, 0.29) is 0 Å². The number of rotatable bonds is 2. The van der Waals surface area contributed by atoms with Crippen molar-refractivity contribution in [3.05, 3.63) is 18.0 Å². The molecule has 0 saturated carbocycles. The highest BCUT2D eigenvalue weighted by Gasteiger charge is 2.36. The highest BCUT2D eigenvalue weighted by molar-refractivity contribution is 5.14. The average molecular weight is 193 g/mol. The van der Waals surface area contributed by atoms with Crippen LogP contribution in [0.1, 0.15) is 32.4 Å². The molecule has 0 spiro atoms. The number of nitrogens with zero attached hydrogens (tertiary/aromatic N) is 2. The Bertz CT molecular complexity index is 314. The zero-order chi connectivity index (χ0) is 10.2. The lowest BCUT2D eigenvalue weighted by molar-refractivity contribution is 0.355. The summed E-state index contributed by atoms with van der Waals surface area (Å²) in [5.74, 6) is 0.565. The molecule has 1 N–H and O–H groups in total. The van der Waals surface area contributed by atoms with E-state index < -0.39 is 0 Å². The lowest BCUT2D eigenvalue weighted by Gasteiger charge is -2.23. The summed E-state index contributed by atoms with van der Waals surface area (Å²) >= 11 is 0. The molecule has 1 aromatic heterocycles. The Hall–Kier alpha value is -0.830. The van der Waals surface area contributed by atoms with E-state index in [0.717, 1.165) is 19.6 Å². The summed E-state index contributed by atoms with van der Waals surface area (Å²) in [4.78, 5) is 0. The number of hydrogen-bond acceptors (Lipinski definition) is 2. The van der Waals surface area contributed by atoms with Crippen molar-refractivity contribution in [1.82, 2.24) is 15.1 Å². The standard InChI is InChI=1S/C11H19N3/c1-4-14-6-5-10(13-14)9-7-12-8-11(9,2)3/h5-6,9,12H,4,7-8H2,1-3H3/t9-/m0/s1. The van der Waals surface area contributed by atoms with Gasteiger partial charge in [-0.15, -0.1) is 0 Å². The third kappa shape index (κ3) is 1.57. The summed E-state index contributed by atoms with van der Waals surface area (Å²) in [6, 6.07) is 2.16. The van der Waals surface area contributed by atoms with Crippen molar-refractivity contribution in [2.75, 3.05) is 13.1 Å². The first-order valence-electron chi connectivity index (χ1n) is 5.37. The first-order valence-corrected chi connectivity index (χ1v) is 5.37. The van der Waals surface area contributed by atoms with Crippen molar-refractivity contribution >= 4 is 0 Å². The fourth-order valence-corrected chi connectivity index (χ4v) is 2.18. The van der Waals surface area contributed by atoms with Crippen LogP contribution in [0.25, 0.3) is 0 Å². The summed E-state index contributed by atoms with van der Waals surface area (Å²) in [6.45, 7) is 9.85. The molecule has 0 unspecified atom stereocenters. The molecule has 3 heteroatoms. The van der Waals surface area contributed by atoms with Gasteiger partial charge >= 0.3 is 0 Å². The van der Waals surface area contributed by atoms with Crippen molar-refractivity contribution in [3.8, 4) is 0 Å². The smallest absolute Gasteiger partial charge is 0.0674 e. The summed E-state index contributed by atoms with van der Waals surface area (Å²) in [5, 5.41) is 8.02. The zero-order valence-corrected chi connectivity index (χ0v) is 9.25. The highest BCUT2D eigenvalue weighted by atomic mass is 15.3. The van der Waals surface area contributed by atoms with Crippen molar-refractivity contribution in [3.63, 3.8) is 0 Å². The number of aromatic nitrogens is 2. The van der Waals surface area contributed by atoms with Crippen molar-refractivity contribution in [2.24, 2.45) is 5.41 Å². The molecule has 78 valence electrons. The van der Waals surface area contributed by atoms with E-state index in [1.807, 2.05) is 4.68 Å². The third-order valence-electron chi connectivity index (χ3n) is 3.21. The van der Waals surface area contributed by atoms with Gasteiger partial charge in [-0.3, -0.25) is 4.68 Å². The van der Waals surface area contributed by atoms with E-state index in [2.05, 4.69) is 43.4 Å². The van der Waals surface area contributed by atoms with E-state index in [1.165, 1.54) is 5.69 Å². The van der Waals surface area contributed by atoms with Gasteiger partial charge in [0.15, 0.2) is 0 Å². The van der Waals surface area contributed by atoms with Crippen molar-refractivity contribution < 1.29 is 0 Å². The van der Waals surface area contributed by atoms with Crippen LogP contribution in [0.3, 0.4) is 0 Å². The van der Waals surface area contributed by atoms with Crippen LogP contribution in [0, 0.1) is 5.41 Å². The summed E-state index contributed by atoms with van der Waals surface area (Å²) in [5.41, 5.74) is 1.58. The molecule has 1 aromatic rings. The minimum absolute atomic E-state index is 0.340. The second-order valence-corrected chi connectivity index (χ2v) is 4.77. The molecule has 1 atom stereocenters. The van der Waals surface area contributed by atoms with Gasteiger partial charge in [-0.1, -0.05) is 13.8 Å². The fraction of sp³-hybridized carbons (Fsp3) is 0.727. The van der Waals surface area contributed by atoms with E-state index in [0.29, 0.717) is 11.3 Å². The molecule has 0 aliphatic carbocycles. The molecule has 14 heavy (non-hydrogen) atoms. The van der Waals surface area contributed by atoms with Crippen LogP contribution in [-0.2, 0) is 6.54 Å². The normalized spacial score (nSPS) is 25.5. The van der Waals surface area contributed by atoms with Gasteiger partial charge < -0.3 is 5.32 Å². The first kappa shape index (κ1) is 9.71. The summed E-state index contributed by atoms with van der Waals surface area (Å²) in [6.07, 6.45) is 2.07. The highest BCUT2D eigenvalue weighted by Crippen LogP contribution is 2.37. The second-order valence-electron chi connectivity index (χ2n) is 4.77. The topological polar surface area (TPSA) is 29.9 Å². The van der Waals surface area contributed by atoms with E-state index in [9.17, 15) is 0 Å².